The van der Waals surface area contributed by atoms with E-state index >= 15 is 0 Å². The van der Waals surface area contributed by atoms with Crippen LogP contribution in [-0.2, 0) is 11.2 Å². The van der Waals surface area contributed by atoms with E-state index in [0.717, 1.165) is 13.0 Å². The van der Waals surface area contributed by atoms with Gasteiger partial charge < -0.3 is 11.1 Å². The number of nitrogens with one attached hydrogen (secondary N) is 1. The van der Waals surface area contributed by atoms with Gasteiger partial charge in [0.15, 0.2) is 0 Å². The van der Waals surface area contributed by atoms with Gasteiger partial charge in [-0.2, -0.15) is 0 Å². The van der Waals surface area contributed by atoms with E-state index < -0.39 is 0 Å². The maximum Gasteiger partial charge on any atom is 0.234 e. The number of hydrogen-bond acceptors (Lipinski definition) is 3. The normalized spacial score (nSPS) is 10.5. The van der Waals surface area contributed by atoms with E-state index in [4.69, 9.17) is 5.73 Å². The Morgan fingerprint density at radius 1 is 1.35 bits per heavy atom. The van der Waals surface area contributed by atoms with E-state index in [0.29, 0.717) is 19.6 Å². The van der Waals surface area contributed by atoms with Crippen molar-refractivity contribution in [2.24, 2.45) is 5.73 Å². The van der Waals surface area contributed by atoms with Crippen molar-refractivity contribution in [3.8, 4) is 0 Å². The number of rotatable bonds is 7. The standard InChI is InChI=1S/C13H21N3O/c1-16(10-8-14)11-13(17)15-9-7-12-5-3-2-4-6-12/h2-6H,7-11,14H2,1H3,(H,15,17). The van der Waals surface area contributed by atoms with Crippen LogP contribution in [0.15, 0.2) is 30.3 Å². The van der Waals surface area contributed by atoms with Gasteiger partial charge >= 0.3 is 0 Å². The van der Waals surface area contributed by atoms with Gasteiger partial charge in [-0.25, -0.2) is 0 Å². The van der Waals surface area contributed by atoms with Crippen LogP contribution in [0.5, 0.6) is 0 Å². The predicted octanol–water partition coefficient (Wildman–Crippen LogP) is 0.236. The number of nitrogens with two attached hydrogens (primary N) is 1. The lowest BCUT2D eigenvalue weighted by atomic mass is 10.1. The SMILES string of the molecule is CN(CCN)CC(=O)NCCc1ccccc1. The van der Waals surface area contributed by atoms with E-state index in [1.165, 1.54) is 5.56 Å². The fraction of sp³-hybridized carbons (Fsp3) is 0.462. The quantitative estimate of drug-likeness (QED) is 0.711. The lowest BCUT2D eigenvalue weighted by molar-refractivity contribution is -0.121. The number of nitrogens with zero attached hydrogens (tertiary/aromatic N) is 1. The average Bonchev–Trinajstić information content (AvgIpc) is 2.30. The number of benzene rings is 1. The first-order valence-electron chi connectivity index (χ1n) is 5.91. The van der Waals surface area contributed by atoms with Gasteiger partial charge in [-0.1, -0.05) is 30.3 Å². The average molecular weight is 235 g/mol. The monoisotopic (exact) mass is 235 g/mol. The molecule has 0 fully saturated rings. The van der Waals surface area contributed by atoms with Gasteiger partial charge in [0, 0.05) is 19.6 Å². The van der Waals surface area contributed by atoms with Crippen molar-refractivity contribution in [1.29, 1.82) is 0 Å². The van der Waals surface area contributed by atoms with Crippen molar-refractivity contribution < 1.29 is 4.79 Å². The van der Waals surface area contributed by atoms with Crippen LogP contribution in [0.3, 0.4) is 0 Å². The molecule has 4 nitrogen and oxygen atoms in total. The Morgan fingerprint density at radius 2 is 2.06 bits per heavy atom. The van der Waals surface area contributed by atoms with Crippen LogP contribution < -0.4 is 11.1 Å². The van der Waals surface area contributed by atoms with Gasteiger partial charge in [-0.3, -0.25) is 9.69 Å². The minimum atomic E-state index is 0.0527. The highest BCUT2D eigenvalue weighted by atomic mass is 16.2. The number of amides is 1. The molecule has 0 aliphatic rings. The first-order chi connectivity index (χ1) is 8.22. The summed E-state index contributed by atoms with van der Waals surface area (Å²) in [6.45, 7) is 2.41. The third-order valence-corrected chi connectivity index (χ3v) is 2.50. The van der Waals surface area contributed by atoms with E-state index in [-0.39, 0.29) is 5.91 Å². The predicted molar refractivity (Wildman–Crippen MR) is 69.7 cm³/mol. The minimum Gasteiger partial charge on any atom is -0.355 e. The van der Waals surface area contributed by atoms with Crippen molar-refractivity contribution in [3.63, 3.8) is 0 Å². The third kappa shape index (κ3) is 6.04. The van der Waals surface area contributed by atoms with Crippen molar-refractivity contribution >= 4 is 5.91 Å². The number of likely N-dealkylation sites (N-methyl/N-ethyl adjacent to an activating group) is 1. The molecule has 3 N–H and O–H groups in total. The molecule has 0 aromatic heterocycles. The lowest BCUT2D eigenvalue weighted by Crippen LogP contribution is -2.38. The summed E-state index contributed by atoms with van der Waals surface area (Å²) in [5.41, 5.74) is 6.65. The molecule has 0 bridgehead atoms. The summed E-state index contributed by atoms with van der Waals surface area (Å²) in [6, 6.07) is 10.1. The first kappa shape index (κ1) is 13.7. The molecule has 0 radical (unpaired) electrons. The molecular weight excluding hydrogens is 214 g/mol. The Bertz CT molecular complexity index is 327. The Hall–Kier alpha value is -1.39. The van der Waals surface area contributed by atoms with Crippen LogP contribution in [0.25, 0.3) is 0 Å². The lowest BCUT2D eigenvalue weighted by Gasteiger charge is -2.14. The molecular formula is C13H21N3O. The molecule has 0 unspecified atom stereocenters. The second-order valence-corrected chi connectivity index (χ2v) is 4.11. The van der Waals surface area contributed by atoms with Crippen molar-refractivity contribution in [3.05, 3.63) is 35.9 Å². The zero-order valence-electron chi connectivity index (χ0n) is 10.4. The third-order valence-electron chi connectivity index (χ3n) is 2.50. The van der Waals surface area contributed by atoms with Crippen molar-refractivity contribution in [1.82, 2.24) is 10.2 Å². The molecule has 0 aliphatic carbocycles. The second-order valence-electron chi connectivity index (χ2n) is 4.11. The fourth-order valence-electron chi connectivity index (χ4n) is 1.59. The van der Waals surface area contributed by atoms with Gasteiger partial charge in [0.25, 0.3) is 0 Å². The summed E-state index contributed by atoms with van der Waals surface area (Å²) in [5, 5.41) is 2.90. The van der Waals surface area contributed by atoms with Crippen LogP contribution >= 0.6 is 0 Å². The summed E-state index contributed by atoms with van der Waals surface area (Å²) in [5.74, 6) is 0.0527. The van der Waals surface area contributed by atoms with Gasteiger partial charge in [-0.05, 0) is 19.0 Å². The molecule has 0 spiro atoms. The summed E-state index contributed by atoms with van der Waals surface area (Å²) in [4.78, 5) is 13.4. The smallest absolute Gasteiger partial charge is 0.234 e. The van der Waals surface area contributed by atoms with Crippen LogP contribution in [0.4, 0.5) is 0 Å². The summed E-state index contributed by atoms with van der Waals surface area (Å²) in [7, 11) is 1.89. The fourth-order valence-corrected chi connectivity index (χ4v) is 1.59. The first-order valence-corrected chi connectivity index (χ1v) is 5.91. The van der Waals surface area contributed by atoms with Crippen LogP contribution in [-0.4, -0.2) is 44.0 Å². The van der Waals surface area contributed by atoms with Crippen molar-refractivity contribution in [2.75, 3.05) is 33.2 Å². The van der Waals surface area contributed by atoms with Crippen LogP contribution in [0.2, 0.25) is 0 Å². The minimum absolute atomic E-state index is 0.0527. The van der Waals surface area contributed by atoms with Gasteiger partial charge in [0.1, 0.15) is 0 Å². The largest absolute Gasteiger partial charge is 0.355 e. The topological polar surface area (TPSA) is 58.4 Å². The summed E-state index contributed by atoms with van der Waals surface area (Å²) >= 11 is 0. The molecule has 0 saturated carbocycles. The Kier molecular flexibility index (Phi) is 6.29. The number of hydrogen-bond donors (Lipinski definition) is 2. The highest BCUT2D eigenvalue weighted by Crippen LogP contribution is 1.97. The van der Waals surface area contributed by atoms with E-state index in [1.807, 2.05) is 30.1 Å². The molecule has 1 aromatic rings. The highest BCUT2D eigenvalue weighted by molar-refractivity contribution is 5.77. The molecule has 1 amide bonds. The van der Waals surface area contributed by atoms with Crippen LogP contribution in [0.1, 0.15) is 5.56 Å². The summed E-state index contributed by atoms with van der Waals surface area (Å²) < 4.78 is 0. The molecule has 4 heteroatoms. The van der Waals surface area contributed by atoms with E-state index in [9.17, 15) is 4.79 Å². The van der Waals surface area contributed by atoms with E-state index in [1.54, 1.807) is 0 Å². The molecule has 0 saturated heterocycles. The zero-order chi connectivity index (χ0) is 12.5. The summed E-state index contributed by atoms with van der Waals surface area (Å²) in [6.07, 6.45) is 0.868. The number of carbonyl (C=O) groups excluding carboxylic acids is 1. The van der Waals surface area contributed by atoms with Gasteiger partial charge in [-0.15, -0.1) is 0 Å². The maximum absolute atomic E-state index is 11.5. The van der Waals surface area contributed by atoms with E-state index in [2.05, 4.69) is 17.4 Å². The molecule has 1 aromatic carbocycles. The zero-order valence-corrected chi connectivity index (χ0v) is 10.4. The number of carbonyl (C=O) groups is 1. The molecule has 0 heterocycles. The molecule has 0 aliphatic heterocycles. The molecule has 0 atom stereocenters. The Labute approximate surface area is 103 Å². The highest BCUT2D eigenvalue weighted by Gasteiger charge is 2.04. The van der Waals surface area contributed by atoms with Gasteiger partial charge in [0.05, 0.1) is 6.54 Å². The molecule has 1 rings (SSSR count). The second kappa shape index (κ2) is 7.81. The maximum atomic E-state index is 11.5. The molecule has 17 heavy (non-hydrogen) atoms. The van der Waals surface area contributed by atoms with Crippen molar-refractivity contribution in [2.45, 2.75) is 6.42 Å². The van der Waals surface area contributed by atoms with Crippen LogP contribution in [0, 0.1) is 0 Å². The Balaban J connectivity index is 2.16. The van der Waals surface area contributed by atoms with Gasteiger partial charge in [0.2, 0.25) is 5.91 Å². The molecule has 94 valence electrons. The Morgan fingerprint density at radius 3 is 2.71 bits per heavy atom.